The fourth-order valence-electron chi connectivity index (χ4n) is 1.88. The van der Waals surface area contributed by atoms with Crippen LogP contribution in [-0.2, 0) is 4.79 Å². The molecule has 0 spiro atoms. The predicted octanol–water partition coefficient (Wildman–Crippen LogP) is 2.03. The molecule has 0 aliphatic carbocycles. The number of hydrogen-bond acceptors (Lipinski definition) is 3. The Labute approximate surface area is 116 Å². The van der Waals surface area contributed by atoms with Crippen LogP contribution in [0, 0.1) is 6.92 Å². The van der Waals surface area contributed by atoms with Gasteiger partial charge in [0.05, 0.1) is 0 Å². The molecule has 0 bridgehead atoms. The van der Waals surface area contributed by atoms with Gasteiger partial charge in [-0.05, 0) is 19.1 Å². The summed E-state index contributed by atoms with van der Waals surface area (Å²) in [6.07, 6.45) is 0. The number of carboxylic acid groups (broad SMARTS) is 1. The van der Waals surface area contributed by atoms with Gasteiger partial charge in [-0.15, -0.1) is 0 Å². The molecule has 1 saturated heterocycles. The van der Waals surface area contributed by atoms with E-state index in [1.54, 1.807) is 11.8 Å². The maximum Gasteiger partial charge on any atom is 0.327 e. The van der Waals surface area contributed by atoms with Crippen LogP contribution < -0.4 is 5.32 Å². The van der Waals surface area contributed by atoms with Gasteiger partial charge >= 0.3 is 12.0 Å². The van der Waals surface area contributed by atoms with E-state index in [0.717, 1.165) is 11.3 Å². The van der Waals surface area contributed by atoms with Gasteiger partial charge in [0.15, 0.2) is 0 Å². The van der Waals surface area contributed by atoms with Crippen molar-refractivity contribution < 1.29 is 14.7 Å². The highest BCUT2D eigenvalue weighted by Crippen LogP contribution is 2.18. The topological polar surface area (TPSA) is 69.6 Å². The Bertz CT molecular complexity index is 475. The molecule has 0 radical (unpaired) electrons. The van der Waals surface area contributed by atoms with Gasteiger partial charge in [0, 0.05) is 23.7 Å². The lowest BCUT2D eigenvalue weighted by Crippen LogP contribution is -2.51. The van der Waals surface area contributed by atoms with Crippen LogP contribution in [0.2, 0.25) is 0 Å². The molecule has 1 unspecified atom stereocenters. The Balaban J connectivity index is 2.05. The van der Waals surface area contributed by atoms with Crippen LogP contribution in [0.5, 0.6) is 0 Å². The van der Waals surface area contributed by atoms with Gasteiger partial charge in [0.25, 0.3) is 0 Å². The number of amides is 2. The van der Waals surface area contributed by atoms with E-state index in [1.165, 1.54) is 4.90 Å². The first-order valence-electron chi connectivity index (χ1n) is 6.03. The number of nitrogens with one attached hydrogen (secondary N) is 1. The fraction of sp³-hybridized carbons (Fsp3) is 0.385. The van der Waals surface area contributed by atoms with Crippen molar-refractivity contribution in [2.75, 3.05) is 23.4 Å². The number of thioether (sulfide) groups is 1. The molecule has 1 aliphatic rings. The van der Waals surface area contributed by atoms with Crippen LogP contribution in [0.4, 0.5) is 10.5 Å². The molecule has 1 aromatic carbocycles. The number of nitrogens with zero attached hydrogens (tertiary/aromatic N) is 1. The third-order valence-electron chi connectivity index (χ3n) is 2.98. The number of hydrogen-bond donors (Lipinski definition) is 2. The highest BCUT2D eigenvalue weighted by molar-refractivity contribution is 7.99. The molecule has 1 aromatic rings. The SMILES string of the molecule is Cc1ccc(NC(=O)N2CCSCC2C(=O)O)cc1. The number of carbonyl (C=O) groups excluding carboxylic acids is 1. The van der Waals surface area contributed by atoms with Crippen molar-refractivity contribution in [3.05, 3.63) is 29.8 Å². The molecule has 5 nitrogen and oxygen atoms in total. The van der Waals surface area contributed by atoms with Gasteiger partial charge in [0.2, 0.25) is 0 Å². The van der Waals surface area contributed by atoms with Gasteiger partial charge in [-0.1, -0.05) is 17.7 Å². The summed E-state index contributed by atoms with van der Waals surface area (Å²) < 4.78 is 0. The van der Waals surface area contributed by atoms with E-state index in [0.29, 0.717) is 18.0 Å². The predicted molar refractivity (Wildman–Crippen MR) is 75.7 cm³/mol. The molecule has 102 valence electrons. The first-order valence-corrected chi connectivity index (χ1v) is 7.18. The lowest BCUT2D eigenvalue weighted by molar-refractivity contribution is -0.141. The standard InChI is InChI=1S/C13H16N2O3S/c1-9-2-4-10(5-3-9)14-13(18)15-6-7-19-8-11(15)12(16)17/h2-5,11H,6-8H2,1H3,(H,14,18)(H,16,17). The third-order valence-corrected chi connectivity index (χ3v) is 4.00. The molecule has 1 fully saturated rings. The summed E-state index contributed by atoms with van der Waals surface area (Å²) in [6.45, 7) is 2.42. The van der Waals surface area contributed by atoms with Crippen LogP contribution in [0.3, 0.4) is 0 Å². The van der Waals surface area contributed by atoms with Crippen LogP contribution in [0.25, 0.3) is 0 Å². The Hall–Kier alpha value is -1.69. The van der Waals surface area contributed by atoms with Crippen LogP contribution in [0.15, 0.2) is 24.3 Å². The molecule has 0 saturated carbocycles. The minimum absolute atomic E-state index is 0.350. The fourth-order valence-corrected chi connectivity index (χ4v) is 2.92. The molecular weight excluding hydrogens is 264 g/mol. The third kappa shape index (κ3) is 3.41. The van der Waals surface area contributed by atoms with Crippen LogP contribution in [0.1, 0.15) is 5.56 Å². The van der Waals surface area contributed by atoms with Crippen molar-refractivity contribution in [1.29, 1.82) is 0 Å². The molecule has 6 heteroatoms. The zero-order valence-electron chi connectivity index (χ0n) is 10.6. The molecule has 1 atom stereocenters. The van der Waals surface area contributed by atoms with Gasteiger partial charge in [0.1, 0.15) is 6.04 Å². The minimum Gasteiger partial charge on any atom is -0.480 e. The van der Waals surface area contributed by atoms with Crippen LogP contribution in [-0.4, -0.2) is 46.1 Å². The average Bonchev–Trinajstić information content (AvgIpc) is 2.41. The van der Waals surface area contributed by atoms with Crippen molar-refractivity contribution in [2.24, 2.45) is 0 Å². The number of carboxylic acids is 1. The molecule has 19 heavy (non-hydrogen) atoms. The molecule has 1 heterocycles. The number of aliphatic carboxylic acids is 1. The largest absolute Gasteiger partial charge is 0.480 e. The average molecular weight is 280 g/mol. The Morgan fingerprint density at radius 2 is 2.05 bits per heavy atom. The molecule has 1 aliphatic heterocycles. The van der Waals surface area contributed by atoms with Gasteiger partial charge in [-0.25, -0.2) is 9.59 Å². The number of aryl methyl sites for hydroxylation is 1. The summed E-state index contributed by atoms with van der Waals surface area (Å²) >= 11 is 1.56. The first-order chi connectivity index (χ1) is 9.08. The lowest BCUT2D eigenvalue weighted by atomic mass is 10.2. The summed E-state index contributed by atoms with van der Waals surface area (Å²) in [5.74, 6) is 0.258. The monoisotopic (exact) mass is 280 g/mol. The summed E-state index contributed by atoms with van der Waals surface area (Å²) in [6, 6.07) is 6.32. The smallest absolute Gasteiger partial charge is 0.327 e. The number of benzene rings is 1. The van der Waals surface area contributed by atoms with Crippen molar-refractivity contribution in [3.8, 4) is 0 Å². The second-order valence-electron chi connectivity index (χ2n) is 4.42. The highest BCUT2D eigenvalue weighted by Gasteiger charge is 2.32. The maximum absolute atomic E-state index is 12.1. The molecule has 2 rings (SSSR count). The number of urea groups is 1. The van der Waals surface area contributed by atoms with E-state index in [1.807, 2.05) is 31.2 Å². The number of carbonyl (C=O) groups is 2. The first kappa shape index (κ1) is 13.7. The quantitative estimate of drug-likeness (QED) is 0.869. The van der Waals surface area contributed by atoms with E-state index in [-0.39, 0.29) is 6.03 Å². The Morgan fingerprint density at radius 1 is 1.37 bits per heavy atom. The summed E-state index contributed by atoms with van der Waals surface area (Å²) in [4.78, 5) is 24.6. The summed E-state index contributed by atoms with van der Waals surface area (Å²) in [5, 5.41) is 11.9. The second kappa shape index (κ2) is 5.97. The second-order valence-corrected chi connectivity index (χ2v) is 5.57. The van der Waals surface area contributed by atoms with Crippen molar-refractivity contribution in [3.63, 3.8) is 0 Å². The van der Waals surface area contributed by atoms with Gasteiger partial charge in [-0.3, -0.25) is 0 Å². The normalized spacial score (nSPS) is 19.0. The molecule has 2 amide bonds. The minimum atomic E-state index is -0.953. The van der Waals surface area contributed by atoms with E-state index < -0.39 is 12.0 Å². The zero-order chi connectivity index (χ0) is 13.8. The summed E-state index contributed by atoms with van der Waals surface area (Å²) in [5.41, 5.74) is 1.79. The van der Waals surface area contributed by atoms with E-state index in [4.69, 9.17) is 5.11 Å². The Kier molecular flexibility index (Phi) is 4.31. The number of rotatable bonds is 2. The number of anilines is 1. The molecular formula is C13H16N2O3S. The summed E-state index contributed by atoms with van der Waals surface area (Å²) in [7, 11) is 0. The van der Waals surface area contributed by atoms with E-state index in [9.17, 15) is 9.59 Å². The highest BCUT2D eigenvalue weighted by atomic mass is 32.2. The van der Waals surface area contributed by atoms with E-state index in [2.05, 4.69) is 5.32 Å². The molecule has 2 N–H and O–H groups in total. The zero-order valence-corrected chi connectivity index (χ0v) is 11.4. The molecule has 0 aromatic heterocycles. The van der Waals surface area contributed by atoms with Gasteiger partial charge in [-0.2, -0.15) is 11.8 Å². The maximum atomic E-state index is 12.1. The van der Waals surface area contributed by atoms with Crippen LogP contribution >= 0.6 is 11.8 Å². The van der Waals surface area contributed by atoms with Gasteiger partial charge < -0.3 is 15.3 Å². The van der Waals surface area contributed by atoms with Crippen molar-refractivity contribution in [2.45, 2.75) is 13.0 Å². The Morgan fingerprint density at radius 3 is 2.68 bits per heavy atom. The van der Waals surface area contributed by atoms with Crippen molar-refractivity contribution in [1.82, 2.24) is 4.90 Å². The van der Waals surface area contributed by atoms with E-state index >= 15 is 0 Å². The lowest BCUT2D eigenvalue weighted by Gasteiger charge is -2.32. The van der Waals surface area contributed by atoms with Crippen molar-refractivity contribution >= 4 is 29.4 Å².